The van der Waals surface area contributed by atoms with Crippen LogP contribution in [-0.4, -0.2) is 44.0 Å². The number of nitrogens with zero attached hydrogens (tertiary/aromatic N) is 1. The van der Waals surface area contributed by atoms with Gasteiger partial charge in [-0.15, -0.1) is 0 Å². The molecule has 0 aliphatic carbocycles. The lowest BCUT2D eigenvalue weighted by atomic mass is 10.1. The molecule has 0 unspecified atom stereocenters. The number of rotatable bonds is 9. The lowest BCUT2D eigenvalue weighted by Gasteiger charge is -2.11. The Morgan fingerprint density at radius 2 is 1.52 bits per heavy atom. The van der Waals surface area contributed by atoms with Crippen molar-refractivity contribution in [3.05, 3.63) is 59.7 Å². The molecule has 27 heavy (non-hydrogen) atoms. The summed E-state index contributed by atoms with van der Waals surface area (Å²) in [6.45, 7) is 3.04. The van der Waals surface area contributed by atoms with Gasteiger partial charge in [0.25, 0.3) is 11.8 Å². The summed E-state index contributed by atoms with van der Waals surface area (Å²) in [5.41, 5.74) is 1.53. The van der Waals surface area contributed by atoms with Gasteiger partial charge in [0.15, 0.2) is 6.61 Å². The third kappa shape index (κ3) is 6.66. The van der Waals surface area contributed by atoms with Crippen molar-refractivity contribution >= 4 is 11.8 Å². The van der Waals surface area contributed by atoms with Crippen LogP contribution in [0.5, 0.6) is 11.5 Å². The second kappa shape index (κ2) is 10.2. The van der Waals surface area contributed by atoms with E-state index in [4.69, 9.17) is 9.47 Å². The van der Waals surface area contributed by atoms with Crippen LogP contribution in [-0.2, 0) is 11.3 Å². The second-order valence-electron chi connectivity index (χ2n) is 6.28. The minimum Gasteiger partial charge on any atom is -0.494 e. The van der Waals surface area contributed by atoms with E-state index in [1.54, 1.807) is 38.4 Å². The fourth-order valence-electron chi connectivity index (χ4n) is 2.28. The van der Waals surface area contributed by atoms with Gasteiger partial charge in [0.05, 0.1) is 6.61 Å². The molecule has 0 bridgehead atoms. The number of benzene rings is 2. The minimum atomic E-state index is -0.213. The number of amides is 2. The fourth-order valence-corrected chi connectivity index (χ4v) is 2.28. The zero-order chi connectivity index (χ0) is 19.6. The summed E-state index contributed by atoms with van der Waals surface area (Å²) in [6.07, 6.45) is 0.951. The van der Waals surface area contributed by atoms with Crippen molar-refractivity contribution in [3.8, 4) is 11.5 Å². The summed E-state index contributed by atoms with van der Waals surface area (Å²) in [5.74, 6) is 1.13. The SMILES string of the molecule is CCCOc1ccc(OCC(=O)NCc2ccc(C(=O)N(C)C)cc2)cc1. The molecule has 0 aliphatic rings. The molecule has 2 rings (SSSR count). The molecule has 2 amide bonds. The van der Waals surface area contributed by atoms with Crippen LogP contribution in [0.4, 0.5) is 0 Å². The quantitative estimate of drug-likeness (QED) is 0.737. The van der Waals surface area contributed by atoms with E-state index in [-0.39, 0.29) is 18.4 Å². The van der Waals surface area contributed by atoms with Crippen LogP contribution in [0.3, 0.4) is 0 Å². The molecule has 6 heteroatoms. The summed E-state index contributed by atoms with van der Waals surface area (Å²) >= 11 is 0. The lowest BCUT2D eigenvalue weighted by Crippen LogP contribution is -2.28. The Hall–Kier alpha value is -3.02. The summed E-state index contributed by atoms with van der Waals surface area (Å²) in [7, 11) is 3.42. The molecule has 0 saturated heterocycles. The van der Waals surface area contributed by atoms with Gasteiger partial charge < -0.3 is 19.7 Å². The summed E-state index contributed by atoms with van der Waals surface area (Å²) < 4.78 is 11.0. The predicted octanol–water partition coefficient (Wildman–Crippen LogP) is 2.87. The van der Waals surface area contributed by atoms with E-state index in [0.717, 1.165) is 17.7 Å². The van der Waals surface area contributed by atoms with Crippen LogP contribution in [0, 0.1) is 0 Å². The molecular formula is C21H26N2O4. The highest BCUT2D eigenvalue weighted by atomic mass is 16.5. The average molecular weight is 370 g/mol. The highest BCUT2D eigenvalue weighted by Crippen LogP contribution is 2.17. The molecule has 0 heterocycles. The van der Waals surface area contributed by atoms with Crippen molar-refractivity contribution in [1.29, 1.82) is 0 Å². The second-order valence-corrected chi connectivity index (χ2v) is 6.28. The Morgan fingerprint density at radius 1 is 0.926 bits per heavy atom. The van der Waals surface area contributed by atoms with Crippen molar-refractivity contribution in [2.45, 2.75) is 19.9 Å². The minimum absolute atomic E-state index is 0.0508. The molecule has 2 aromatic carbocycles. The van der Waals surface area contributed by atoms with Crippen molar-refractivity contribution in [1.82, 2.24) is 10.2 Å². The molecule has 0 aliphatic heterocycles. The molecule has 6 nitrogen and oxygen atoms in total. The molecule has 0 radical (unpaired) electrons. The van der Waals surface area contributed by atoms with E-state index in [2.05, 4.69) is 5.32 Å². The van der Waals surface area contributed by atoms with E-state index in [9.17, 15) is 9.59 Å². The van der Waals surface area contributed by atoms with E-state index in [0.29, 0.717) is 24.5 Å². The average Bonchev–Trinajstić information content (AvgIpc) is 2.69. The van der Waals surface area contributed by atoms with Crippen LogP contribution >= 0.6 is 0 Å². The van der Waals surface area contributed by atoms with E-state index in [1.807, 2.05) is 31.2 Å². The first-order valence-electron chi connectivity index (χ1n) is 8.92. The number of hydrogen-bond acceptors (Lipinski definition) is 4. The maximum atomic E-state index is 11.9. The number of hydrogen-bond donors (Lipinski definition) is 1. The topological polar surface area (TPSA) is 67.9 Å². The lowest BCUT2D eigenvalue weighted by molar-refractivity contribution is -0.123. The Kier molecular flexibility index (Phi) is 7.67. The highest BCUT2D eigenvalue weighted by Gasteiger charge is 2.08. The molecular weight excluding hydrogens is 344 g/mol. The molecule has 0 fully saturated rings. The van der Waals surface area contributed by atoms with Gasteiger partial charge in [-0.1, -0.05) is 19.1 Å². The summed E-state index contributed by atoms with van der Waals surface area (Å²) in [6, 6.07) is 14.3. The molecule has 0 aromatic heterocycles. The van der Waals surface area contributed by atoms with Gasteiger partial charge in [-0.2, -0.15) is 0 Å². The fraction of sp³-hybridized carbons (Fsp3) is 0.333. The summed E-state index contributed by atoms with van der Waals surface area (Å²) in [4.78, 5) is 25.3. The standard InChI is InChI=1S/C21H26N2O4/c1-4-13-26-18-9-11-19(12-10-18)27-15-20(24)22-14-16-5-7-17(8-6-16)21(25)23(2)3/h5-12H,4,13-15H2,1-3H3,(H,22,24). The highest BCUT2D eigenvalue weighted by molar-refractivity contribution is 5.93. The Labute approximate surface area is 160 Å². The van der Waals surface area contributed by atoms with Crippen LogP contribution in [0.1, 0.15) is 29.3 Å². The summed E-state index contributed by atoms with van der Waals surface area (Å²) in [5, 5.41) is 2.80. The van der Waals surface area contributed by atoms with Crippen molar-refractivity contribution in [3.63, 3.8) is 0 Å². The van der Waals surface area contributed by atoms with Gasteiger partial charge >= 0.3 is 0 Å². The zero-order valence-corrected chi connectivity index (χ0v) is 16.0. The number of carbonyl (C=O) groups excluding carboxylic acids is 2. The third-order valence-corrected chi connectivity index (χ3v) is 3.76. The number of nitrogens with one attached hydrogen (secondary N) is 1. The molecule has 0 spiro atoms. The maximum absolute atomic E-state index is 11.9. The molecule has 0 atom stereocenters. The Balaban J connectivity index is 1.75. The zero-order valence-electron chi connectivity index (χ0n) is 16.0. The van der Waals surface area contributed by atoms with Crippen molar-refractivity contribution in [2.75, 3.05) is 27.3 Å². The van der Waals surface area contributed by atoms with Gasteiger partial charge in [0.2, 0.25) is 0 Å². The van der Waals surface area contributed by atoms with Gasteiger partial charge in [-0.3, -0.25) is 9.59 Å². The molecule has 0 saturated carbocycles. The van der Waals surface area contributed by atoms with Crippen LogP contribution in [0.15, 0.2) is 48.5 Å². The maximum Gasteiger partial charge on any atom is 0.258 e. The predicted molar refractivity (Wildman–Crippen MR) is 104 cm³/mol. The molecule has 1 N–H and O–H groups in total. The Bertz CT molecular complexity index is 740. The third-order valence-electron chi connectivity index (χ3n) is 3.76. The van der Waals surface area contributed by atoms with Crippen LogP contribution < -0.4 is 14.8 Å². The van der Waals surface area contributed by atoms with Crippen molar-refractivity contribution < 1.29 is 19.1 Å². The molecule has 2 aromatic rings. The van der Waals surface area contributed by atoms with E-state index < -0.39 is 0 Å². The smallest absolute Gasteiger partial charge is 0.258 e. The number of carbonyl (C=O) groups is 2. The largest absolute Gasteiger partial charge is 0.494 e. The molecule has 144 valence electrons. The monoisotopic (exact) mass is 370 g/mol. The van der Waals surface area contributed by atoms with Crippen LogP contribution in [0.2, 0.25) is 0 Å². The first-order chi connectivity index (χ1) is 13.0. The van der Waals surface area contributed by atoms with Crippen LogP contribution in [0.25, 0.3) is 0 Å². The van der Waals surface area contributed by atoms with E-state index >= 15 is 0 Å². The van der Waals surface area contributed by atoms with Gasteiger partial charge in [0, 0.05) is 26.2 Å². The van der Waals surface area contributed by atoms with Gasteiger partial charge in [0.1, 0.15) is 11.5 Å². The van der Waals surface area contributed by atoms with Gasteiger partial charge in [-0.05, 0) is 48.4 Å². The first-order valence-corrected chi connectivity index (χ1v) is 8.92. The Morgan fingerprint density at radius 3 is 2.07 bits per heavy atom. The van der Waals surface area contributed by atoms with Gasteiger partial charge in [-0.25, -0.2) is 0 Å². The normalized spacial score (nSPS) is 10.2. The first kappa shape index (κ1) is 20.3. The number of ether oxygens (including phenoxy) is 2. The van der Waals surface area contributed by atoms with E-state index in [1.165, 1.54) is 4.90 Å². The van der Waals surface area contributed by atoms with Crippen molar-refractivity contribution in [2.24, 2.45) is 0 Å².